The minimum Gasteiger partial charge on any atom is -0.327 e. The van der Waals surface area contributed by atoms with Crippen LogP contribution >= 0.6 is 0 Å². The molecular formula is C13H19N3O2. The topological polar surface area (TPSA) is 77.1 Å². The zero-order valence-corrected chi connectivity index (χ0v) is 10.6. The average molecular weight is 249 g/mol. The van der Waals surface area contributed by atoms with Gasteiger partial charge >= 0.3 is 0 Å². The molecule has 98 valence electrons. The number of carbonyl (C=O) groups excluding carboxylic acids is 1. The summed E-state index contributed by atoms with van der Waals surface area (Å²) >= 11 is 0. The van der Waals surface area contributed by atoms with Crippen LogP contribution in [0.15, 0.2) is 23.1 Å². The molecule has 18 heavy (non-hydrogen) atoms. The van der Waals surface area contributed by atoms with Gasteiger partial charge in [0.15, 0.2) is 0 Å². The van der Waals surface area contributed by atoms with E-state index in [0.717, 1.165) is 19.3 Å². The summed E-state index contributed by atoms with van der Waals surface area (Å²) in [4.78, 5) is 23.5. The predicted octanol–water partition coefficient (Wildman–Crippen LogP) is 0.934. The highest BCUT2D eigenvalue weighted by Gasteiger charge is 2.30. The zero-order chi connectivity index (χ0) is 13.1. The number of nitrogens with zero attached hydrogens (tertiary/aromatic N) is 1. The maximum atomic E-state index is 12.0. The van der Waals surface area contributed by atoms with Gasteiger partial charge in [-0.1, -0.05) is 6.42 Å². The lowest BCUT2D eigenvalue weighted by Crippen LogP contribution is -2.34. The van der Waals surface area contributed by atoms with Crippen LogP contribution in [0.2, 0.25) is 0 Å². The van der Waals surface area contributed by atoms with Crippen LogP contribution in [0.3, 0.4) is 0 Å². The molecule has 5 nitrogen and oxygen atoms in total. The highest BCUT2D eigenvalue weighted by atomic mass is 16.2. The number of pyridine rings is 1. The quantitative estimate of drug-likeness (QED) is 0.836. The standard InChI is InChI=1S/C13H19N3O2/c1-2-16-8-9(6-7-12(16)17)15-13(18)10-4-3-5-11(10)14/h6-8,10-11H,2-5,14H2,1H3,(H,15,18). The molecule has 0 bridgehead atoms. The fraction of sp³-hybridized carbons (Fsp3) is 0.538. The van der Waals surface area contributed by atoms with Crippen molar-refractivity contribution in [1.82, 2.24) is 4.57 Å². The molecule has 1 heterocycles. The Morgan fingerprint density at radius 3 is 2.89 bits per heavy atom. The van der Waals surface area contributed by atoms with E-state index >= 15 is 0 Å². The van der Waals surface area contributed by atoms with Crippen molar-refractivity contribution in [2.75, 3.05) is 5.32 Å². The smallest absolute Gasteiger partial charge is 0.250 e. The second-order valence-corrected chi connectivity index (χ2v) is 4.73. The molecule has 2 unspecified atom stereocenters. The van der Waals surface area contributed by atoms with Gasteiger partial charge in [-0.2, -0.15) is 0 Å². The second kappa shape index (κ2) is 5.35. The van der Waals surface area contributed by atoms with E-state index in [9.17, 15) is 9.59 Å². The van der Waals surface area contributed by atoms with Gasteiger partial charge in [-0.3, -0.25) is 9.59 Å². The van der Waals surface area contributed by atoms with Crippen molar-refractivity contribution >= 4 is 11.6 Å². The third kappa shape index (κ3) is 2.61. The van der Waals surface area contributed by atoms with Crippen LogP contribution in [0.5, 0.6) is 0 Å². The summed E-state index contributed by atoms with van der Waals surface area (Å²) in [5.74, 6) is -0.145. The van der Waals surface area contributed by atoms with Crippen LogP contribution in [-0.4, -0.2) is 16.5 Å². The molecule has 0 aromatic carbocycles. The van der Waals surface area contributed by atoms with Gasteiger partial charge in [-0.25, -0.2) is 0 Å². The summed E-state index contributed by atoms with van der Waals surface area (Å²) in [6.45, 7) is 2.48. The summed E-state index contributed by atoms with van der Waals surface area (Å²) in [5.41, 5.74) is 6.49. The predicted molar refractivity (Wildman–Crippen MR) is 70.3 cm³/mol. The fourth-order valence-electron chi connectivity index (χ4n) is 2.40. The number of nitrogens with one attached hydrogen (secondary N) is 1. The molecule has 1 aromatic rings. The van der Waals surface area contributed by atoms with Crippen molar-refractivity contribution < 1.29 is 4.79 Å². The molecule has 0 radical (unpaired) electrons. The van der Waals surface area contributed by atoms with E-state index in [1.54, 1.807) is 16.8 Å². The summed E-state index contributed by atoms with van der Waals surface area (Å²) < 4.78 is 1.56. The molecule has 1 saturated carbocycles. The monoisotopic (exact) mass is 249 g/mol. The summed E-state index contributed by atoms with van der Waals surface area (Å²) in [6, 6.07) is 3.06. The van der Waals surface area contributed by atoms with Crippen LogP contribution in [0.25, 0.3) is 0 Å². The molecular weight excluding hydrogens is 230 g/mol. The first-order valence-electron chi connectivity index (χ1n) is 6.38. The lowest BCUT2D eigenvalue weighted by atomic mass is 10.0. The van der Waals surface area contributed by atoms with Gasteiger partial charge < -0.3 is 15.6 Å². The van der Waals surface area contributed by atoms with Crippen LogP contribution in [-0.2, 0) is 11.3 Å². The number of aromatic nitrogens is 1. The minimum atomic E-state index is -0.105. The lowest BCUT2D eigenvalue weighted by Gasteiger charge is -2.15. The maximum absolute atomic E-state index is 12.0. The first kappa shape index (κ1) is 12.8. The molecule has 2 rings (SSSR count). The number of hydrogen-bond acceptors (Lipinski definition) is 3. The number of nitrogens with two attached hydrogens (primary N) is 1. The van der Waals surface area contributed by atoms with Gasteiger partial charge in [-0.05, 0) is 25.8 Å². The summed E-state index contributed by atoms with van der Waals surface area (Å²) in [7, 11) is 0. The fourth-order valence-corrected chi connectivity index (χ4v) is 2.40. The lowest BCUT2D eigenvalue weighted by molar-refractivity contribution is -0.120. The minimum absolute atomic E-state index is 0.0397. The number of amides is 1. The molecule has 5 heteroatoms. The highest BCUT2D eigenvalue weighted by molar-refractivity contribution is 5.93. The highest BCUT2D eigenvalue weighted by Crippen LogP contribution is 2.25. The van der Waals surface area contributed by atoms with E-state index in [-0.39, 0.29) is 23.4 Å². The number of aryl methyl sites for hydroxylation is 1. The Balaban J connectivity index is 2.09. The number of carbonyl (C=O) groups is 1. The Morgan fingerprint density at radius 2 is 2.28 bits per heavy atom. The normalized spacial score (nSPS) is 23.0. The zero-order valence-electron chi connectivity index (χ0n) is 10.6. The van der Waals surface area contributed by atoms with Crippen molar-refractivity contribution in [2.45, 2.75) is 38.8 Å². The number of anilines is 1. The molecule has 1 aromatic heterocycles. The molecule has 2 atom stereocenters. The van der Waals surface area contributed by atoms with Crippen LogP contribution in [0, 0.1) is 5.92 Å². The molecule has 1 aliphatic carbocycles. The van der Waals surface area contributed by atoms with Crippen LogP contribution in [0.1, 0.15) is 26.2 Å². The Bertz CT molecular complexity index is 495. The Hall–Kier alpha value is -1.62. The second-order valence-electron chi connectivity index (χ2n) is 4.73. The third-order valence-electron chi connectivity index (χ3n) is 3.50. The molecule has 1 amide bonds. The van der Waals surface area contributed by atoms with Crippen LogP contribution < -0.4 is 16.6 Å². The Labute approximate surface area is 106 Å². The van der Waals surface area contributed by atoms with E-state index in [4.69, 9.17) is 5.73 Å². The van der Waals surface area contributed by atoms with Crippen molar-refractivity contribution in [3.05, 3.63) is 28.7 Å². The SMILES string of the molecule is CCn1cc(NC(=O)C2CCCC2N)ccc1=O. The van der Waals surface area contributed by atoms with E-state index in [1.807, 2.05) is 6.92 Å². The average Bonchev–Trinajstić information content (AvgIpc) is 2.78. The Morgan fingerprint density at radius 1 is 1.50 bits per heavy atom. The van der Waals surface area contributed by atoms with Crippen molar-refractivity contribution in [2.24, 2.45) is 11.7 Å². The van der Waals surface area contributed by atoms with Gasteiger partial charge in [0, 0.05) is 24.8 Å². The number of hydrogen-bond donors (Lipinski definition) is 2. The third-order valence-corrected chi connectivity index (χ3v) is 3.50. The van der Waals surface area contributed by atoms with Gasteiger partial charge in [-0.15, -0.1) is 0 Å². The van der Waals surface area contributed by atoms with Crippen molar-refractivity contribution in [3.8, 4) is 0 Å². The molecule has 3 N–H and O–H groups in total. The number of rotatable bonds is 3. The molecule has 0 saturated heterocycles. The molecule has 1 fully saturated rings. The molecule has 0 aliphatic heterocycles. The van der Waals surface area contributed by atoms with E-state index < -0.39 is 0 Å². The first-order chi connectivity index (χ1) is 8.61. The molecule has 0 spiro atoms. The van der Waals surface area contributed by atoms with Crippen molar-refractivity contribution in [3.63, 3.8) is 0 Å². The molecule has 1 aliphatic rings. The largest absolute Gasteiger partial charge is 0.327 e. The van der Waals surface area contributed by atoms with Gasteiger partial charge in [0.05, 0.1) is 11.6 Å². The van der Waals surface area contributed by atoms with Gasteiger partial charge in [0.1, 0.15) is 0 Å². The summed E-state index contributed by atoms with van der Waals surface area (Å²) in [6.07, 6.45) is 4.43. The van der Waals surface area contributed by atoms with Gasteiger partial charge in [0.2, 0.25) is 5.91 Å². The Kier molecular flexibility index (Phi) is 3.81. The maximum Gasteiger partial charge on any atom is 0.250 e. The van der Waals surface area contributed by atoms with E-state index in [2.05, 4.69) is 5.32 Å². The first-order valence-corrected chi connectivity index (χ1v) is 6.38. The van der Waals surface area contributed by atoms with Crippen LogP contribution in [0.4, 0.5) is 5.69 Å². The van der Waals surface area contributed by atoms with Gasteiger partial charge in [0.25, 0.3) is 5.56 Å². The van der Waals surface area contributed by atoms with E-state index in [0.29, 0.717) is 12.2 Å². The van der Waals surface area contributed by atoms with Crippen molar-refractivity contribution in [1.29, 1.82) is 0 Å². The van der Waals surface area contributed by atoms with E-state index in [1.165, 1.54) is 6.07 Å². The summed E-state index contributed by atoms with van der Waals surface area (Å²) in [5, 5.41) is 2.84.